The van der Waals surface area contributed by atoms with Crippen molar-refractivity contribution in [2.75, 3.05) is 0 Å². The topological polar surface area (TPSA) is 0 Å². The van der Waals surface area contributed by atoms with E-state index in [0.717, 1.165) is 35.5 Å². The fourth-order valence-corrected chi connectivity index (χ4v) is 11.7. The van der Waals surface area contributed by atoms with Crippen LogP contribution in [0.2, 0.25) is 5.82 Å². The largest absolute Gasteiger partial charge is 0.0768 e. The van der Waals surface area contributed by atoms with E-state index in [1.54, 1.807) is 0 Å². The highest BCUT2D eigenvalue weighted by atomic mass is 14.7. The molecule has 0 bridgehead atoms. The molecule has 4 aliphatic rings. The molecule has 33 heavy (non-hydrogen) atoms. The van der Waals surface area contributed by atoms with Crippen LogP contribution in [0.25, 0.3) is 0 Å². The molecule has 0 aliphatic heterocycles. The zero-order chi connectivity index (χ0) is 24.2. The van der Waals surface area contributed by atoms with E-state index in [1.165, 1.54) is 83.5 Å². The molecule has 4 fully saturated rings. The predicted octanol–water partition coefficient (Wildman–Crippen LogP) is 9.87. The second-order valence-electron chi connectivity index (χ2n) is 15.1. The van der Waals surface area contributed by atoms with Crippen molar-refractivity contribution < 1.29 is 0 Å². The molecular weight excluding hydrogens is 395 g/mol. The van der Waals surface area contributed by atoms with Crippen molar-refractivity contribution in [2.45, 2.75) is 145 Å². The van der Waals surface area contributed by atoms with Gasteiger partial charge in [0.1, 0.15) is 0 Å². The Labute approximate surface area is 209 Å². The minimum absolute atomic E-state index is 0.428. The van der Waals surface area contributed by atoms with Crippen molar-refractivity contribution in [3.8, 4) is 0 Å². The highest BCUT2D eigenvalue weighted by Crippen LogP contribution is 2.75. The highest BCUT2D eigenvalue weighted by Gasteiger charge is 2.67. The molecule has 1 heteroatoms. The van der Waals surface area contributed by atoms with Gasteiger partial charge < -0.3 is 0 Å². The number of fused-ring (bicyclic) bond motifs is 5. The van der Waals surface area contributed by atoms with E-state index in [1.807, 2.05) is 0 Å². The van der Waals surface area contributed by atoms with Gasteiger partial charge in [0, 0.05) is 0 Å². The first kappa shape index (κ1) is 26.1. The van der Waals surface area contributed by atoms with Crippen LogP contribution < -0.4 is 0 Å². The van der Waals surface area contributed by atoms with Gasteiger partial charge in [-0.25, -0.2) is 0 Å². The average molecular weight is 453 g/mol. The summed E-state index contributed by atoms with van der Waals surface area (Å²) in [6.45, 7) is 20.8. The van der Waals surface area contributed by atoms with Crippen LogP contribution in [-0.4, -0.2) is 7.85 Å². The number of rotatable bonds is 7. The van der Waals surface area contributed by atoms with Gasteiger partial charge in [0.2, 0.25) is 0 Å². The molecule has 0 N–H and O–H groups in total. The van der Waals surface area contributed by atoms with Gasteiger partial charge in [0.25, 0.3) is 0 Å². The summed E-state index contributed by atoms with van der Waals surface area (Å²) in [5.74, 6) is 5.79. The van der Waals surface area contributed by atoms with Gasteiger partial charge >= 0.3 is 0 Å². The molecule has 2 radical (unpaired) electrons. The summed E-state index contributed by atoms with van der Waals surface area (Å²) in [6, 6.07) is 0. The fourth-order valence-electron chi connectivity index (χ4n) is 11.7. The lowest BCUT2D eigenvalue weighted by atomic mass is 9.34. The molecule has 0 aromatic rings. The SMILES string of the molecule is [B]C1CCC2(C)C3CCC4(C)C(CCC4C(C)(C)CCCCCC)C3CC(C)C2(C(C)C)C1. The molecule has 188 valence electrons. The molecule has 0 aromatic carbocycles. The average Bonchev–Trinajstić information content (AvgIpc) is 3.11. The van der Waals surface area contributed by atoms with Crippen molar-refractivity contribution in [3.05, 3.63) is 0 Å². The Bertz CT molecular complexity index is 680. The van der Waals surface area contributed by atoms with Crippen LogP contribution in [-0.2, 0) is 0 Å². The maximum atomic E-state index is 6.69. The van der Waals surface area contributed by atoms with E-state index in [9.17, 15) is 0 Å². The molecule has 0 saturated heterocycles. The Morgan fingerprint density at radius 2 is 1.67 bits per heavy atom. The van der Waals surface area contributed by atoms with E-state index in [4.69, 9.17) is 7.85 Å². The van der Waals surface area contributed by atoms with Crippen molar-refractivity contribution in [1.29, 1.82) is 0 Å². The molecule has 4 rings (SSSR count). The van der Waals surface area contributed by atoms with Crippen LogP contribution in [0.1, 0.15) is 139 Å². The van der Waals surface area contributed by atoms with Crippen LogP contribution in [0, 0.1) is 57.2 Å². The number of unbranched alkanes of at least 4 members (excludes halogenated alkanes) is 3. The molecule has 0 aromatic heterocycles. The Hall–Kier alpha value is 0.0649. The maximum Gasteiger partial charge on any atom is 0.0699 e. The van der Waals surface area contributed by atoms with Crippen LogP contribution in [0.3, 0.4) is 0 Å². The van der Waals surface area contributed by atoms with Gasteiger partial charge in [-0.15, -0.1) is 0 Å². The van der Waals surface area contributed by atoms with Gasteiger partial charge in [-0.2, -0.15) is 0 Å². The Kier molecular flexibility index (Phi) is 7.27. The van der Waals surface area contributed by atoms with Gasteiger partial charge in [0.05, 0.1) is 7.85 Å². The molecule has 4 aliphatic carbocycles. The normalized spacial score (nSPS) is 47.8. The first-order valence-corrected chi connectivity index (χ1v) is 15.2. The lowest BCUT2D eigenvalue weighted by molar-refractivity contribution is -0.207. The predicted molar refractivity (Wildman–Crippen MR) is 146 cm³/mol. The fraction of sp³-hybridized carbons (Fsp3) is 1.00. The molecule has 0 heterocycles. The summed E-state index contributed by atoms with van der Waals surface area (Å²) in [7, 11) is 6.69. The molecule has 9 unspecified atom stereocenters. The molecular formula is C32H57B. The van der Waals surface area contributed by atoms with Crippen molar-refractivity contribution >= 4 is 7.85 Å². The third-order valence-corrected chi connectivity index (χ3v) is 13.1. The summed E-state index contributed by atoms with van der Waals surface area (Å²) in [5.41, 5.74) is 2.03. The summed E-state index contributed by atoms with van der Waals surface area (Å²) >= 11 is 0. The third-order valence-electron chi connectivity index (χ3n) is 13.1. The Morgan fingerprint density at radius 1 is 0.939 bits per heavy atom. The smallest absolute Gasteiger partial charge is 0.0699 e. The first-order valence-electron chi connectivity index (χ1n) is 15.2. The van der Waals surface area contributed by atoms with Gasteiger partial charge in [-0.05, 0) is 102 Å². The lowest BCUT2D eigenvalue weighted by Gasteiger charge is -2.70. The first-order chi connectivity index (χ1) is 15.4. The van der Waals surface area contributed by atoms with E-state index in [0.29, 0.717) is 27.5 Å². The Morgan fingerprint density at radius 3 is 2.33 bits per heavy atom. The van der Waals surface area contributed by atoms with E-state index < -0.39 is 0 Å². The minimum Gasteiger partial charge on any atom is -0.0768 e. The van der Waals surface area contributed by atoms with Crippen molar-refractivity contribution in [3.63, 3.8) is 0 Å². The molecule has 4 saturated carbocycles. The molecule has 0 nitrogen and oxygen atoms in total. The van der Waals surface area contributed by atoms with Crippen LogP contribution in [0.15, 0.2) is 0 Å². The minimum atomic E-state index is 0.428. The van der Waals surface area contributed by atoms with E-state index in [-0.39, 0.29) is 0 Å². The second-order valence-corrected chi connectivity index (χ2v) is 15.1. The lowest BCUT2D eigenvalue weighted by Crippen LogP contribution is -2.63. The van der Waals surface area contributed by atoms with Crippen LogP contribution >= 0.6 is 0 Å². The zero-order valence-corrected chi connectivity index (χ0v) is 23.8. The summed E-state index contributed by atoms with van der Waals surface area (Å²) in [5, 5.41) is 0. The summed E-state index contributed by atoms with van der Waals surface area (Å²) in [4.78, 5) is 0. The zero-order valence-electron chi connectivity index (χ0n) is 23.8. The maximum absolute atomic E-state index is 6.69. The summed E-state index contributed by atoms with van der Waals surface area (Å²) in [6.07, 6.45) is 18.5. The van der Waals surface area contributed by atoms with Gasteiger partial charge in [-0.3, -0.25) is 0 Å². The summed E-state index contributed by atoms with van der Waals surface area (Å²) < 4.78 is 0. The molecule has 9 atom stereocenters. The third kappa shape index (κ3) is 3.91. The van der Waals surface area contributed by atoms with Gasteiger partial charge in [0.15, 0.2) is 0 Å². The number of hydrogen-bond acceptors (Lipinski definition) is 0. The van der Waals surface area contributed by atoms with E-state index >= 15 is 0 Å². The van der Waals surface area contributed by atoms with Crippen LogP contribution in [0.5, 0.6) is 0 Å². The monoisotopic (exact) mass is 452 g/mol. The van der Waals surface area contributed by atoms with E-state index in [2.05, 4.69) is 55.4 Å². The van der Waals surface area contributed by atoms with Gasteiger partial charge in [-0.1, -0.05) is 99.7 Å². The highest BCUT2D eigenvalue weighted by molar-refractivity contribution is 6.11. The van der Waals surface area contributed by atoms with Crippen molar-refractivity contribution in [1.82, 2.24) is 0 Å². The standard InChI is InChI=1S/C32H57B/c1-9-10-11-12-17-29(5,6)28-14-13-26-25-20-23(4)32(22(2)3)21-24(33)15-19-31(32,8)27(25)16-18-30(26,28)7/h22-28H,9-21H2,1-8H3. The Balaban J connectivity index is 1.59. The van der Waals surface area contributed by atoms with Crippen LogP contribution in [0.4, 0.5) is 0 Å². The second kappa shape index (κ2) is 9.18. The molecule has 0 amide bonds. The quantitative estimate of drug-likeness (QED) is 0.266. The molecule has 0 spiro atoms. The van der Waals surface area contributed by atoms with Crippen molar-refractivity contribution in [2.24, 2.45) is 57.2 Å². The number of hydrogen-bond donors (Lipinski definition) is 0.